The van der Waals surface area contributed by atoms with Gasteiger partial charge in [-0.25, -0.2) is 4.57 Å². The average Bonchev–Trinajstić information content (AvgIpc) is 2.43. The molecule has 1 rings (SSSR count). The van der Waals surface area contributed by atoms with Crippen molar-refractivity contribution in [2.75, 3.05) is 19.8 Å². The lowest BCUT2D eigenvalue weighted by molar-refractivity contribution is 0.112. The molecule has 4 nitrogen and oxygen atoms in total. The van der Waals surface area contributed by atoms with E-state index in [0.717, 1.165) is 19.3 Å². The Morgan fingerprint density at radius 2 is 2.06 bits per heavy atom. The van der Waals surface area contributed by atoms with Crippen LogP contribution in [0.4, 0.5) is 0 Å². The molecule has 16 heavy (non-hydrogen) atoms. The molecule has 0 saturated carbocycles. The van der Waals surface area contributed by atoms with E-state index in [2.05, 4.69) is 20.8 Å². The van der Waals surface area contributed by atoms with Crippen molar-refractivity contribution in [2.24, 2.45) is 11.8 Å². The summed E-state index contributed by atoms with van der Waals surface area (Å²) in [7, 11) is -3.27. The first-order chi connectivity index (χ1) is 7.59. The van der Waals surface area contributed by atoms with Crippen LogP contribution in [-0.4, -0.2) is 19.8 Å². The molecular formula is C11H23O4P. The minimum Gasteiger partial charge on any atom is -0.287 e. The molecule has 2 unspecified atom stereocenters. The Balaban J connectivity index is 2.41. The third-order valence-corrected chi connectivity index (χ3v) is 4.43. The van der Waals surface area contributed by atoms with E-state index in [-0.39, 0.29) is 0 Å². The molecule has 0 spiro atoms. The molecule has 0 N–H and O–H groups in total. The molecule has 1 saturated heterocycles. The third-order valence-electron chi connectivity index (χ3n) is 3.00. The number of hydrogen-bond acceptors (Lipinski definition) is 4. The molecule has 0 bridgehead atoms. The van der Waals surface area contributed by atoms with Gasteiger partial charge in [0, 0.05) is 0 Å². The van der Waals surface area contributed by atoms with Crippen molar-refractivity contribution in [1.29, 1.82) is 0 Å². The molecule has 1 heterocycles. The predicted molar refractivity (Wildman–Crippen MR) is 63.3 cm³/mol. The Kier molecular flexibility index (Phi) is 5.98. The molecule has 2 atom stereocenters. The normalized spacial score (nSPS) is 31.6. The zero-order chi connectivity index (χ0) is 12.0. The van der Waals surface area contributed by atoms with Gasteiger partial charge in [-0.05, 0) is 18.3 Å². The van der Waals surface area contributed by atoms with Crippen LogP contribution in [0.3, 0.4) is 0 Å². The topological polar surface area (TPSA) is 44.8 Å². The van der Waals surface area contributed by atoms with Crippen molar-refractivity contribution in [2.45, 2.75) is 40.0 Å². The first kappa shape index (κ1) is 14.2. The fraction of sp³-hybridized carbons (Fsp3) is 1.00. The highest BCUT2D eigenvalue weighted by Crippen LogP contribution is 2.51. The van der Waals surface area contributed by atoms with Gasteiger partial charge in [0.15, 0.2) is 0 Å². The highest BCUT2D eigenvalue weighted by atomic mass is 31.2. The second-order valence-corrected chi connectivity index (χ2v) is 6.12. The highest BCUT2D eigenvalue weighted by molar-refractivity contribution is 7.48. The standard InChI is InChI=1S/C11H23O4P/c1-4-11(5-2)9-15-16(12)13-7-6-10(3)8-14-16/h10-11H,4-9H2,1-3H3. The summed E-state index contributed by atoms with van der Waals surface area (Å²) in [6, 6.07) is 0. The molecule has 0 radical (unpaired) electrons. The van der Waals surface area contributed by atoms with E-state index in [1.165, 1.54) is 0 Å². The van der Waals surface area contributed by atoms with Crippen LogP contribution in [0, 0.1) is 11.8 Å². The van der Waals surface area contributed by atoms with Crippen LogP contribution in [0.25, 0.3) is 0 Å². The van der Waals surface area contributed by atoms with Gasteiger partial charge in [-0.1, -0.05) is 33.6 Å². The summed E-state index contributed by atoms with van der Waals surface area (Å²) in [5, 5.41) is 0. The van der Waals surface area contributed by atoms with Crippen LogP contribution < -0.4 is 0 Å². The Hall–Kier alpha value is 0.110. The van der Waals surface area contributed by atoms with Crippen molar-refractivity contribution in [3.8, 4) is 0 Å². The van der Waals surface area contributed by atoms with Gasteiger partial charge in [-0.2, -0.15) is 0 Å². The van der Waals surface area contributed by atoms with Crippen LogP contribution in [0.5, 0.6) is 0 Å². The Labute approximate surface area is 98.3 Å². The average molecular weight is 250 g/mol. The van der Waals surface area contributed by atoms with Crippen LogP contribution in [0.15, 0.2) is 0 Å². The summed E-state index contributed by atoms with van der Waals surface area (Å²) in [6.07, 6.45) is 2.91. The lowest BCUT2D eigenvalue weighted by Gasteiger charge is -2.18. The van der Waals surface area contributed by atoms with Crippen molar-refractivity contribution < 1.29 is 18.1 Å². The molecule has 96 valence electrons. The maximum absolute atomic E-state index is 12.1. The summed E-state index contributed by atoms with van der Waals surface area (Å²) in [5.74, 6) is 0.811. The number of rotatable bonds is 5. The molecule has 0 amide bonds. The SMILES string of the molecule is CCC(CC)COP1(=O)OCCC(C)CO1. The molecule has 5 heteroatoms. The van der Waals surface area contributed by atoms with Crippen molar-refractivity contribution in [3.63, 3.8) is 0 Å². The van der Waals surface area contributed by atoms with Gasteiger partial charge in [0.2, 0.25) is 0 Å². The van der Waals surface area contributed by atoms with E-state index in [1.807, 2.05) is 0 Å². The molecule has 0 aromatic heterocycles. The molecular weight excluding hydrogens is 227 g/mol. The number of phosphoric ester groups is 1. The fourth-order valence-electron chi connectivity index (χ4n) is 1.50. The smallest absolute Gasteiger partial charge is 0.287 e. The zero-order valence-corrected chi connectivity index (χ0v) is 11.4. The van der Waals surface area contributed by atoms with E-state index in [9.17, 15) is 4.57 Å². The summed E-state index contributed by atoms with van der Waals surface area (Å²) in [5.41, 5.74) is 0. The fourth-order valence-corrected chi connectivity index (χ4v) is 2.88. The van der Waals surface area contributed by atoms with Crippen LogP contribution in [0.1, 0.15) is 40.0 Å². The molecule has 0 aromatic carbocycles. The van der Waals surface area contributed by atoms with E-state index in [4.69, 9.17) is 13.6 Å². The van der Waals surface area contributed by atoms with Gasteiger partial charge >= 0.3 is 7.82 Å². The maximum Gasteiger partial charge on any atom is 0.474 e. The van der Waals surface area contributed by atoms with Gasteiger partial charge in [-0.3, -0.25) is 13.6 Å². The van der Waals surface area contributed by atoms with E-state index in [0.29, 0.717) is 31.7 Å². The second-order valence-electron chi connectivity index (χ2n) is 4.45. The van der Waals surface area contributed by atoms with Gasteiger partial charge < -0.3 is 0 Å². The van der Waals surface area contributed by atoms with E-state index >= 15 is 0 Å². The minimum atomic E-state index is -3.27. The van der Waals surface area contributed by atoms with Crippen molar-refractivity contribution in [1.82, 2.24) is 0 Å². The van der Waals surface area contributed by atoms with Gasteiger partial charge in [0.25, 0.3) is 0 Å². The highest BCUT2D eigenvalue weighted by Gasteiger charge is 2.30. The second kappa shape index (κ2) is 6.75. The summed E-state index contributed by atoms with van der Waals surface area (Å²) in [4.78, 5) is 0. The summed E-state index contributed by atoms with van der Waals surface area (Å²) >= 11 is 0. The molecule has 0 aromatic rings. The van der Waals surface area contributed by atoms with Crippen molar-refractivity contribution >= 4 is 7.82 Å². The monoisotopic (exact) mass is 250 g/mol. The Bertz CT molecular complexity index is 240. The van der Waals surface area contributed by atoms with Crippen molar-refractivity contribution in [3.05, 3.63) is 0 Å². The van der Waals surface area contributed by atoms with Gasteiger partial charge in [0.05, 0.1) is 19.8 Å². The molecule has 0 aliphatic carbocycles. The molecule has 1 fully saturated rings. The Morgan fingerprint density at radius 1 is 1.38 bits per heavy atom. The van der Waals surface area contributed by atoms with Crippen LogP contribution in [0.2, 0.25) is 0 Å². The van der Waals surface area contributed by atoms with Crippen LogP contribution in [-0.2, 0) is 18.1 Å². The van der Waals surface area contributed by atoms with E-state index in [1.54, 1.807) is 0 Å². The first-order valence-corrected chi connectivity index (χ1v) is 7.59. The lowest BCUT2D eigenvalue weighted by Crippen LogP contribution is -2.08. The van der Waals surface area contributed by atoms with Crippen LogP contribution >= 0.6 is 7.82 Å². The zero-order valence-electron chi connectivity index (χ0n) is 10.5. The maximum atomic E-state index is 12.1. The third kappa shape index (κ3) is 4.54. The largest absolute Gasteiger partial charge is 0.474 e. The lowest BCUT2D eigenvalue weighted by atomic mass is 10.1. The summed E-state index contributed by atoms with van der Waals surface area (Å²) < 4.78 is 27.9. The number of phosphoric acid groups is 1. The first-order valence-electron chi connectivity index (χ1n) is 6.13. The van der Waals surface area contributed by atoms with E-state index < -0.39 is 7.82 Å². The van der Waals surface area contributed by atoms with Gasteiger partial charge in [0.1, 0.15) is 0 Å². The summed E-state index contributed by atoms with van der Waals surface area (Å²) in [6.45, 7) is 7.63. The predicted octanol–water partition coefficient (Wildman–Crippen LogP) is 3.62. The Morgan fingerprint density at radius 3 is 2.69 bits per heavy atom. The molecule has 1 aliphatic heterocycles. The quantitative estimate of drug-likeness (QED) is 0.699. The minimum absolute atomic E-state index is 0.382. The van der Waals surface area contributed by atoms with Gasteiger partial charge in [-0.15, -0.1) is 0 Å². The molecule has 1 aliphatic rings. The number of hydrogen-bond donors (Lipinski definition) is 0.